The van der Waals surface area contributed by atoms with Gasteiger partial charge in [0.15, 0.2) is 0 Å². The lowest BCUT2D eigenvalue weighted by Crippen LogP contribution is -2.42. The first-order valence-corrected chi connectivity index (χ1v) is 8.59. The van der Waals surface area contributed by atoms with Crippen molar-refractivity contribution in [2.24, 2.45) is 7.05 Å². The second-order valence-corrected chi connectivity index (χ2v) is 6.84. The van der Waals surface area contributed by atoms with Crippen molar-refractivity contribution >= 4 is 38.5 Å². The third-order valence-electron chi connectivity index (χ3n) is 2.94. The van der Waals surface area contributed by atoms with Crippen LogP contribution in [0.4, 0.5) is 0 Å². The van der Waals surface area contributed by atoms with Gasteiger partial charge in [-0.1, -0.05) is 0 Å². The number of nitrogens with zero attached hydrogens (tertiary/aromatic N) is 1. The van der Waals surface area contributed by atoms with E-state index in [1.54, 1.807) is 54.4 Å². The largest absolute Gasteiger partial charge is 0.345 e. The van der Waals surface area contributed by atoms with Crippen molar-refractivity contribution in [1.29, 1.82) is 0 Å². The van der Waals surface area contributed by atoms with Gasteiger partial charge < -0.3 is 4.57 Å². The molecule has 1 aromatic carbocycles. The number of carbonyl (C=O) groups excluding carboxylic acids is 2. The summed E-state index contributed by atoms with van der Waals surface area (Å²) in [6, 6.07) is 7.98. The summed E-state index contributed by atoms with van der Waals surface area (Å²) in [5.74, 6) is -0.872. The molecule has 8 heteroatoms. The van der Waals surface area contributed by atoms with Gasteiger partial charge in [-0.15, -0.1) is 0 Å². The van der Waals surface area contributed by atoms with Crippen LogP contribution in [0.15, 0.2) is 45.9 Å². The van der Waals surface area contributed by atoms with Crippen LogP contribution in [-0.2, 0) is 17.8 Å². The highest BCUT2D eigenvalue weighted by Gasteiger charge is 2.12. The Labute approximate surface area is 138 Å². The summed E-state index contributed by atoms with van der Waals surface area (Å²) in [7, 11) is 0.632. The summed E-state index contributed by atoms with van der Waals surface area (Å²) >= 11 is 3.27. The van der Waals surface area contributed by atoms with Crippen LogP contribution in [0.25, 0.3) is 0 Å². The van der Waals surface area contributed by atoms with Crippen molar-refractivity contribution < 1.29 is 13.8 Å². The molecule has 1 atom stereocenters. The quantitative estimate of drug-likeness (QED) is 0.789. The number of hydrazine groups is 1. The number of amides is 2. The Kier molecular flexibility index (Phi) is 5.15. The smallest absolute Gasteiger partial charge is 0.286 e. The molecule has 0 fully saturated rings. The Morgan fingerprint density at radius 2 is 1.73 bits per heavy atom. The minimum atomic E-state index is -1.10. The van der Waals surface area contributed by atoms with Crippen LogP contribution in [0.2, 0.25) is 0 Å². The number of aromatic nitrogens is 1. The van der Waals surface area contributed by atoms with Crippen molar-refractivity contribution in [2.75, 3.05) is 6.26 Å². The van der Waals surface area contributed by atoms with E-state index in [-0.39, 0.29) is 0 Å². The highest BCUT2D eigenvalue weighted by atomic mass is 79.9. The van der Waals surface area contributed by atoms with E-state index in [0.29, 0.717) is 16.2 Å². The zero-order valence-corrected chi connectivity index (χ0v) is 14.3. The third-order valence-corrected chi connectivity index (χ3v) is 4.31. The zero-order chi connectivity index (χ0) is 16.3. The first-order valence-electron chi connectivity index (χ1n) is 6.24. The van der Waals surface area contributed by atoms with Crippen LogP contribution in [0, 0.1) is 0 Å². The number of carbonyl (C=O) groups is 2. The second kappa shape index (κ2) is 6.89. The van der Waals surface area contributed by atoms with E-state index < -0.39 is 22.6 Å². The van der Waals surface area contributed by atoms with E-state index in [0.717, 1.165) is 4.47 Å². The van der Waals surface area contributed by atoms with E-state index in [9.17, 15) is 13.8 Å². The molecule has 1 aromatic heterocycles. The van der Waals surface area contributed by atoms with Crippen molar-refractivity contribution in [3.05, 3.63) is 52.3 Å². The number of halogens is 1. The lowest BCUT2D eigenvalue weighted by atomic mass is 10.2. The van der Waals surface area contributed by atoms with E-state index >= 15 is 0 Å². The predicted molar refractivity (Wildman–Crippen MR) is 86.8 cm³/mol. The molecule has 0 bridgehead atoms. The summed E-state index contributed by atoms with van der Waals surface area (Å²) in [6.07, 6.45) is 3.30. The van der Waals surface area contributed by atoms with Crippen LogP contribution in [0.3, 0.4) is 0 Å². The average molecular weight is 384 g/mol. The molecule has 1 heterocycles. The second-order valence-electron chi connectivity index (χ2n) is 4.54. The Morgan fingerprint density at radius 1 is 1.14 bits per heavy atom. The lowest BCUT2D eigenvalue weighted by Gasteiger charge is -2.08. The number of benzene rings is 1. The van der Waals surface area contributed by atoms with Crippen LogP contribution < -0.4 is 10.9 Å². The van der Waals surface area contributed by atoms with Gasteiger partial charge in [0.05, 0.1) is 0 Å². The van der Waals surface area contributed by atoms with Crippen LogP contribution in [-0.4, -0.2) is 26.8 Å². The van der Waals surface area contributed by atoms with Crippen LogP contribution in [0.5, 0.6) is 0 Å². The summed E-state index contributed by atoms with van der Waals surface area (Å²) in [4.78, 5) is 24.5. The average Bonchev–Trinajstić information content (AvgIpc) is 2.83. The minimum absolute atomic E-state index is 0.363. The highest BCUT2D eigenvalue weighted by molar-refractivity contribution is 9.10. The minimum Gasteiger partial charge on any atom is -0.345 e. The number of aryl methyl sites for hydroxylation is 1. The molecule has 2 N–H and O–H groups in total. The van der Waals surface area contributed by atoms with Gasteiger partial charge in [-0.05, 0) is 46.3 Å². The molecule has 0 aliphatic rings. The summed E-state index contributed by atoms with van der Waals surface area (Å²) in [5, 5.41) is 0. The van der Waals surface area contributed by atoms with Gasteiger partial charge in [-0.2, -0.15) is 0 Å². The molecular formula is C14H14BrN3O3S. The first-order chi connectivity index (χ1) is 10.4. The normalized spacial score (nSPS) is 11.8. The highest BCUT2D eigenvalue weighted by Crippen LogP contribution is 2.13. The first kappa shape index (κ1) is 16.4. The summed E-state index contributed by atoms with van der Waals surface area (Å²) in [6.45, 7) is 0. The fraction of sp³-hybridized carbons (Fsp3) is 0.143. The van der Waals surface area contributed by atoms with Gasteiger partial charge in [-0.3, -0.25) is 24.6 Å². The molecule has 2 amide bonds. The molecule has 2 aromatic rings. The van der Waals surface area contributed by atoms with E-state index in [4.69, 9.17) is 0 Å². The van der Waals surface area contributed by atoms with Gasteiger partial charge in [0.2, 0.25) is 0 Å². The van der Waals surface area contributed by atoms with Crippen molar-refractivity contribution in [3.8, 4) is 0 Å². The molecular weight excluding hydrogens is 370 g/mol. The maximum absolute atomic E-state index is 12.0. The molecule has 0 aliphatic heterocycles. The monoisotopic (exact) mass is 383 g/mol. The van der Waals surface area contributed by atoms with E-state index in [2.05, 4.69) is 26.8 Å². The number of hydrogen-bond acceptors (Lipinski definition) is 3. The standard InChI is InChI=1S/C14H14BrN3O3S/c1-18-8-10(15)7-12(18)14(20)17-16-13(19)9-3-5-11(6-4-9)22(2)21/h3-8H,1-2H3,(H,16,19)(H,17,20)/t22-/m1/s1. The SMILES string of the molecule is Cn1cc(Br)cc1C(=O)NNC(=O)c1ccc([S@@](C)=O)cc1. The Morgan fingerprint density at radius 3 is 2.23 bits per heavy atom. The fourth-order valence-corrected chi connectivity index (χ4v) is 2.84. The topological polar surface area (TPSA) is 80.2 Å². The van der Waals surface area contributed by atoms with Gasteiger partial charge >= 0.3 is 0 Å². The maximum Gasteiger partial charge on any atom is 0.286 e. The summed E-state index contributed by atoms with van der Waals surface area (Å²) < 4.78 is 13.7. The lowest BCUT2D eigenvalue weighted by molar-refractivity contribution is 0.0842. The Hall–Kier alpha value is -1.93. The molecule has 6 nitrogen and oxygen atoms in total. The number of hydrogen-bond donors (Lipinski definition) is 2. The van der Waals surface area contributed by atoms with Gasteiger partial charge in [0.25, 0.3) is 11.8 Å². The van der Waals surface area contributed by atoms with Crippen molar-refractivity contribution in [2.45, 2.75) is 4.90 Å². The molecule has 0 spiro atoms. The van der Waals surface area contributed by atoms with Crippen molar-refractivity contribution in [1.82, 2.24) is 15.4 Å². The molecule has 0 saturated heterocycles. The summed E-state index contributed by atoms with van der Waals surface area (Å²) in [5.41, 5.74) is 5.46. The van der Waals surface area contributed by atoms with E-state index in [1.165, 1.54) is 0 Å². The van der Waals surface area contributed by atoms with Crippen molar-refractivity contribution in [3.63, 3.8) is 0 Å². The van der Waals surface area contributed by atoms with E-state index in [1.807, 2.05) is 0 Å². The fourth-order valence-electron chi connectivity index (χ4n) is 1.80. The zero-order valence-electron chi connectivity index (χ0n) is 11.9. The molecule has 0 aliphatic carbocycles. The predicted octanol–water partition coefficient (Wildman–Crippen LogP) is 1.60. The van der Waals surface area contributed by atoms with Gasteiger partial charge in [-0.25, -0.2) is 0 Å². The van der Waals surface area contributed by atoms with Crippen LogP contribution >= 0.6 is 15.9 Å². The molecule has 2 rings (SSSR count). The molecule has 0 radical (unpaired) electrons. The van der Waals surface area contributed by atoms with Gasteiger partial charge in [0, 0.05) is 45.2 Å². The number of nitrogens with one attached hydrogen (secondary N) is 2. The maximum atomic E-state index is 12.0. The molecule has 0 unspecified atom stereocenters. The molecule has 0 saturated carbocycles. The molecule has 22 heavy (non-hydrogen) atoms. The number of rotatable bonds is 3. The Balaban J connectivity index is 1.99. The third kappa shape index (κ3) is 3.83. The Bertz CT molecular complexity index is 740. The van der Waals surface area contributed by atoms with Crippen LogP contribution in [0.1, 0.15) is 20.8 Å². The van der Waals surface area contributed by atoms with Gasteiger partial charge in [0.1, 0.15) is 5.69 Å². The molecule has 116 valence electrons.